The van der Waals surface area contributed by atoms with Crippen molar-refractivity contribution >= 4 is 17.1 Å². The normalized spacial score (nSPS) is 21.4. The van der Waals surface area contributed by atoms with Gasteiger partial charge in [0.25, 0.3) is 0 Å². The molecule has 0 amide bonds. The molecule has 0 radical (unpaired) electrons. The number of aryl methyl sites for hydroxylation is 2. The second-order valence-corrected chi connectivity index (χ2v) is 7.49. The quantitative estimate of drug-likeness (QED) is 0.681. The number of anilines is 3. The van der Waals surface area contributed by atoms with Crippen LogP contribution >= 0.6 is 0 Å². The summed E-state index contributed by atoms with van der Waals surface area (Å²) in [5.41, 5.74) is 8.53. The van der Waals surface area contributed by atoms with Crippen LogP contribution in [0, 0.1) is 13.8 Å². The lowest BCUT2D eigenvalue weighted by molar-refractivity contribution is 0.403. The van der Waals surface area contributed by atoms with Crippen LogP contribution in [0.25, 0.3) is 0 Å². The Morgan fingerprint density at radius 1 is 0.955 bits per heavy atom. The summed E-state index contributed by atoms with van der Waals surface area (Å²) in [6, 6.07) is 13.6. The second-order valence-electron chi connectivity index (χ2n) is 7.49. The average molecular weight is 292 g/mol. The summed E-state index contributed by atoms with van der Waals surface area (Å²) in [7, 11) is 2.23. The summed E-state index contributed by atoms with van der Waals surface area (Å²) >= 11 is 0. The molecule has 4 rings (SSSR count). The molecule has 2 aromatic carbocycles. The highest BCUT2D eigenvalue weighted by atomic mass is 15.4. The lowest BCUT2D eigenvalue weighted by Gasteiger charge is -2.44. The maximum Gasteiger partial charge on any atom is 0.107 e. The van der Waals surface area contributed by atoms with E-state index in [9.17, 15) is 0 Å². The molecule has 0 spiro atoms. The van der Waals surface area contributed by atoms with Crippen molar-refractivity contribution in [2.45, 2.75) is 45.7 Å². The van der Waals surface area contributed by atoms with Crippen LogP contribution < -0.4 is 9.80 Å². The molecule has 1 unspecified atom stereocenters. The number of hydrogen-bond donors (Lipinski definition) is 0. The number of hydrogen-bond acceptors (Lipinski definition) is 2. The van der Waals surface area contributed by atoms with Gasteiger partial charge in [0.1, 0.15) is 6.17 Å². The van der Waals surface area contributed by atoms with Gasteiger partial charge in [-0.3, -0.25) is 0 Å². The highest BCUT2D eigenvalue weighted by Gasteiger charge is 2.44. The average Bonchev–Trinajstić information content (AvgIpc) is 2.74. The molecule has 0 aromatic heterocycles. The van der Waals surface area contributed by atoms with Crippen LogP contribution in [-0.2, 0) is 5.41 Å². The van der Waals surface area contributed by atoms with Crippen LogP contribution in [0.15, 0.2) is 36.4 Å². The fraction of sp³-hybridized carbons (Fsp3) is 0.400. The largest absolute Gasteiger partial charge is 0.352 e. The SMILES string of the molecule is Cc1cc2c(cc1C)C(C)(C)CC1N(C)c3ccccc3N21. The number of benzene rings is 2. The van der Waals surface area contributed by atoms with E-state index >= 15 is 0 Å². The van der Waals surface area contributed by atoms with Crippen molar-refractivity contribution in [3.63, 3.8) is 0 Å². The summed E-state index contributed by atoms with van der Waals surface area (Å²) < 4.78 is 0. The van der Waals surface area contributed by atoms with Gasteiger partial charge in [-0.15, -0.1) is 0 Å². The van der Waals surface area contributed by atoms with Crippen LogP contribution in [0.1, 0.15) is 37.0 Å². The molecule has 2 nitrogen and oxygen atoms in total. The second kappa shape index (κ2) is 4.28. The molecule has 0 fully saturated rings. The van der Waals surface area contributed by atoms with E-state index in [0.29, 0.717) is 6.17 Å². The van der Waals surface area contributed by atoms with E-state index in [2.05, 4.69) is 80.9 Å². The lowest BCUT2D eigenvalue weighted by atomic mass is 9.75. The van der Waals surface area contributed by atoms with Gasteiger partial charge in [-0.1, -0.05) is 32.0 Å². The van der Waals surface area contributed by atoms with Gasteiger partial charge in [0.05, 0.1) is 11.4 Å². The van der Waals surface area contributed by atoms with Gasteiger partial charge < -0.3 is 9.80 Å². The lowest BCUT2D eigenvalue weighted by Crippen LogP contribution is -2.47. The highest BCUT2D eigenvalue weighted by molar-refractivity contribution is 5.86. The van der Waals surface area contributed by atoms with E-state index in [1.165, 1.54) is 33.8 Å². The number of nitrogens with zero attached hydrogens (tertiary/aromatic N) is 2. The summed E-state index contributed by atoms with van der Waals surface area (Å²) in [5.74, 6) is 0. The monoisotopic (exact) mass is 292 g/mol. The van der Waals surface area contributed by atoms with Crippen molar-refractivity contribution in [1.29, 1.82) is 0 Å². The van der Waals surface area contributed by atoms with Crippen LogP contribution in [-0.4, -0.2) is 13.2 Å². The van der Waals surface area contributed by atoms with Gasteiger partial charge in [0, 0.05) is 12.7 Å². The molecular formula is C20H24N2. The molecule has 2 aliphatic heterocycles. The zero-order chi connectivity index (χ0) is 15.6. The maximum atomic E-state index is 2.54. The molecule has 1 atom stereocenters. The van der Waals surface area contributed by atoms with Crippen LogP contribution in [0.3, 0.4) is 0 Å². The van der Waals surface area contributed by atoms with Crippen molar-refractivity contribution in [1.82, 2.24) is 0 Å². The van der Waals surface area contributed by atoms with Crippen molar-refractivity contribution < 1.29 is 0 Å². The zero-order valence-electron chi connectivity index (χ0n) is 14.1. The van der Waals surface area contributed by atoms with E-state index in [-0.39, 0.29) is 5.41 Å². The Hall–Kier alpha value is -1.96. The van der Waals surface area contributed by atoms with Crippen molar-refractivity contribution in [3.05, 3.63) is 53.1 Å². The maximum absolute atomic E-state index is 2.54. The molecule has 2 aliphatic rings. The first kappa shape index (κ1) is 13.7. The third-order valence-electron chi connectivity index (χ3n) is 5.56. The summed E-state index contributed by atoms with van der Waals surface area (Å²) in [6.07, 6.45) is 1.57. The predicted octanol–water partition coefficient (Wildman–Crippen LogP) is 4.90. The van der Waals surface area contributed by atoms with Crippen LogP contribution in [0.4, 0.5) is 17.1 Å². The highest BCUT2D eigenvalue weighted by Crippen LogP contribution is 2.53. The molecule has 2 aromatic rings. The van der Waals surface area contributed by atoms with Gasteiger partial charge in [0.2, 0.25) is 0 Å². The van der Waals surface area contributed by atoms with Crippen molar-refractivity contribution in [2.75, 3.05) is 16.8 Å². The summed E-state index contributed by atoms with van der Waals surface area (Å²) in [5, 5.41) is 0. The predicted molar refractivity (Wildman–Crippen MR) is 94.3 cm³/mol. The smallest absolute Gasteiger partial charge is 0.107 e. The Kier molecular flexibility index (Phi) is 2.66. The molecule has 0 saturated heterocycles. The Morgan fingerprint density at radius 2 is 1.59 bits per heavy atom. The minimum absolute atomic E-state index is 0.200. The van der Waals surface area contributed by atoms with Gasteiger partial charge in [0.15, 0.2) is 0 Å². The fourth-order valence-electron chi connectivity index (χ4n) is 4.09. The van der Waals surface area contributed by atoms with Crippen molar-refractivity contribution in [3.8, 4) is 0 Å². The van der Waals surface area contributed by atoms with Gasteiger partial charge >= 0.3 is 0 Å². The van der Waals surface area contributed by atoms with E-state index in [1.807, 2.05) is 0 Å². The molecule has 0 N–H and O–H groups in total. The summed E-state index contributed by atoms with van der Waals surface area (Å²) in [6.45, 7) is 9.21. The fourth-order valence-corrected chi connectivity index (χ4v) is 4.09. The number of rotatable bonds is 0. The van der Waals surface area contributed by atoms with Crippen molar-refractivity contribution in [2.24, 2.45) is 0 Å². The third-order valence-corrected chi connectivity index (χ3v) is 5.56. The minimum atomic E-state index is 0.200. The van der Waals surface area contributed by atoms with Gasteiger partial charge in [-0.2, -0.15) is 0 Å². The standard InChI is InChI=1S/C20H24N2/c1-13-10-15-18(11-14(13)2)22-17-9-7-6-8-16(17)21(5)19(22)12-20(15,3)4/h6-11,19H,12H2,1-5H3. The first-order valence-corrected chi connectivity index (χ1v) is 8.13. The van der Waals surface area contributed by atoms with Gasteiger partial charge in [-0.05, 0) is 60.6 Å². The molecule has 22 heavy (non-hydrogen) atoms. The molecule has 0 bridgehead atoms. The van der Waals surface area contributed by atoms with Crippen LogP contribution in [0.5, 0.6) is 0 Å². The molecule has 0 aliphatic carbocycles. The van der Waals surface area contributed by atoms with E-state index in [4.69, 9.17) is 0 Å². The third kappa shape index (κ3) is 1.67. The molecular weight excluding hydrogens is 268 g/mol. The Balaban J connectivity index is 2.00. The Morgan fingerprint density at radius 3 is 2.32 bits per heavy atom. The van der Waals surface area contributed by atoms with Gasteiger partial charge in [-0.25, -0.2) is 0 Å². The first-order chi connectivity index (χ1) is 10.4. The van der Waals surface area contributed by atoms with E-state index in [0.717, 1.165) is 6.42 Å². The van der Waals surface area contributed by atoms with Crippen LogP contribution in [0.2, 0.25) is 0 Å². The Bertz CT molecular complexity index is 760. The molecule has 114 valence electrons. The topological polar surface area (TPSA) is 6.48 Å². The number of para-hydroxylation sites is 2. The molecule has 0 saturated carbocycles. The Labute approximate surface area is 133 Å². The molecule has 2 heteroatoms. The van der Waals surface area contributed by atoms with E-state index < -0.39 is 0 Å². The summed E-state index contributed by atoms with van der Waals surface area (Å²) in [4.78, 5) is 4.98. The number of fused-ring (bicyclic) bond motifs is 5. The first-order valence-electron chi connectivity index (χ1n) is 8.13. The zero-order valence-corrected chi connectivity index (χ0v) is 14.1. The molecule has 2 heterocycles. The minimum Gasteiger partial charge on any atom is -0.352 e. The van der Waals surface area contributed by atoms with E-state index in [1.54, 1.807) is 0 Å².